The summed E-state index contributed by atoms with van der Waals surface area (Å²) < 4.78 is 27.3. The van der Waals surface area contributed by atoms with Crippen LogP contribution in [0.2, 0.25) is 0 Å². The third kappa shape index (κ3) is 5.09. The predicted octanol–water partition coefficient (Wildman–Crippen LogP) is -0.0666. The molecule has 1 saturated heterocycles. The molecule has 0 saturated carbocycles. The van der Waals surface area contributed by atoms with Crippen molar-refractivity contribution in [2.75, 3.05) is 33.2 Å². The first-order chi connectivity index (χ1) is 13.2. The molecule has 2 rings (SSSR count). The van der Waals surface area contributed by atoms with Crippen LogP contribution in [0.1, 0.15) is 38.7 Å². The molecule has 1 heterocycles. The fourth-order valence-corrected chi connectivity index (χ4v) is 4.71. The largest absolute Gasteiger partial charge is 0.341 e. The minimum atomic E-state index is -3.55. The summed E-state index contributed by atoms with van der Waals surface area (Å²) in [5.41, 5.74) is 1.13. The monoisotopic (exact) mass is 411 g/mol. The van der Waals surface area contributed by atoms with E-state index in [-0.39, 0.29) is 5.91 Å². The van der Waals surface area contributed by atoms with Gasteiger partial charge >= 0.3 is 6.03 Å². The molecule has 3 amide bonds. The van der Waals surface area contributed by atoms with Gasteiger partial charge in [-0.2, -0.15) is 4.31 Å². The van der Waals surface area contributed by atoms with Gasteiger partial charge in [-0.05, 0) is 37.0 Å². The highest BCUT2D eigenvalue weighted by atomic mass is 32.2. The van der Waals surface area contributed by atoms with E-state index < -0.39 is 22.1 Å². The third-order valence-corrected chi connectivity index (χ3v) is 7.45. The predicted molar refractivity (Wildman–Crippen MR) is 107 cm³/mol. The molecule has 0 aliphatic carbocycles. The Bertz CT molecular complexity index is 787. The highest BCUT2D eigenvalue weighted by Gasteiger charge is 2.34. The van der Waals surface area contributed by atoms with Crippen LogP contribution in [0, 0.1) is 0 Å². The fraction of sp³-hybridized carbons (Fsp3) is 0.579. The molecule has 28 heavy (non-hydrogen) atoms. The summed E-state index contributed by atoms with van der Waals surface area (Å²) in [6.45, 7) is 7.65. The number of hydrogen-bond donors (Lipinski definition) is 3. The van der Waals surface area contributed by atoms with Crippen LogP contribution in [0.4, 0.5) is 4.79 Å². The van der Waals surface area contributed by atoms with Gasteiger partial charge in [-0.3, -0.25) is 10.1 Å². The molecule has 2 atom stereocenters. The van der Waals surface area contributed by atoms with Gasteiger partial charge in [0, 0.05) is 7.05 Å². The maximum atomic E-state index is 12.9. The van der Waals surface area contributed by atoms with E-state index in [2.05, 4.69) is 24.5 Å². The van der Waals surface area contributed by atoms with Gasteiger partial charge in [-0.25, -0.2) is 13.2 Å². The number of rotatable bonds is 6. The number of amides is 3. The molecular formula is C19H31N4O4S+. The van der Waals surface area contributed by atoms with E-state index in [1.165, 1.54) is 11.4 Å². The van der Waals surface area contributed by atoms with Crippen molar-refractivity contribution >= 4 is 22.0 Å². The molecule has 0 unspecified atom stereocenters. The van der Waals surface area contributed by atoms with Crippen LogP contribution in [0.15, 0.2) is 29.2 Å². The van der Waals surface area contributed by atoms with Gasteiger partial charge in [0.15, 0.2) is 6.04 Å². The molecule has 0 spiro atoms. The number of urea groups is 1. The highest BCUT2D eigenvalue weighted by molar-refractivity contribution is 7.89. The van der Waals surface area contributed by atoms with Gasteiger partial charge in [0.25, 0.3) is 5.91 Å². The van der Waals surface area contributed by atoms with E-state index in [9.17, 15) is 18.0 Å². The van der Waals surface area contributed by atoms with Crippen molar-refractivity contribution in [1.82, 2.24) is 14.9 Å². The minimum Gasteiger partial charge on any atom is -0.341 e. The number of benzene rings is 1. The van der Waals surface area contributed by atoms with Gasteiger partial charge in [0.2, 0.25) is 10.0 Å². The third-order valence-electron chi connectivity index (χ3n) is 5.53. The van der Waals surface area contributed by atoms with Crippen LogP contribution in [0.25, 0.3) is 0 Å². The van der Waals surface area contributed by atoms with E-state index in [1.54, 1.807) is 19.1 Å². The summed E-state index contributed by atoms with van der Waals surface area (Å²) in [7, 11) is -2.10. The Labute approximate surface area is 167 Å². The number of quaternary nitrogens is 1. The van der Waals surface area contributed by atoms with Gasteiger partial charge in [-0.1, -0.05) is 26.0 Å². The topological polar surface area (TPSA) is 100 Å². The minimum absolute atomic E-state index is 0.299. The first-order valence-corrected chi connectivity index (χ1v) is 11.1. The maximum absolute atomic E-state index is 12.9. The van der Waals surface area contributed by atoms with Crippen LogP contribution in [0.3, 0.4) is 0 Å². The molecule has 0 aromatic heterocycles. The fourth-order valence-electron chi connectivity index (χ4n) is 3.27. The summed E-state index contributed by atoms with van der Waals surface area (Å²) in [5.74, 6) is 0.0256. The van der Waals surface area contributed by atoms with E-state index >= 15 is 0 Å². The molecule has 1 aromatic carbocycles. The van der Waals surface area contributed by atoms with Crippen molar-refractivity contribution in [3.8, 4) is 0 Å². The quantitative estimate of drug-likeness (QED) is 0.610. The smallest absolute Gasteiger partial charge is 0.321 e. The molecule has 1 aliphatic heterocycles. The highest BCUT2D eigenvalue weighted by Crippen LogP contribution is 2.22. The molecule has 1 aliphatic rings. The molecule has 1 aromatic rings. The number of nitrogens with one attached hydrogen (secondary N) is 3. The van der Waals surface area contributed by atoms with Crippen molar-refractivity contribution in [2.24, 2.45) is 0 Å². The molecule has 8 nitrogen and oxygen atoms in total. The Hall–Kier alpha value is -1.97. The van der Waals surface area contributed by atoms with Crippen LogP contribution < -0.4 is 15.5 Å². The van der Waals surface area contributed by atoms with Gasteiger partial charge in [0.05, 0.1) is 31.1 Å². The summed E-state index contributed by atoms with van der Waals surface area (Å²) in [6.07, 6.45) is 1.00. The molecule has 0 radical (unpaired) electrons. The zero-order valence-corrected chi connectivity index (χ0v) is 17.8. The number of hydrogen-bond acceptors (Lipinski definition) is 4. The Balaban J connectivity index is 1.99. The summed E-state index contributed by atoms with van der Waals surface area (Å²) in [4.78, 5) is 24.7. The van der Waals surface area contributed by atoms with E-state index in [0.29, 0.717) is 37.0 Å². The number of carbonyl (C=O) groups is 2. The normalized spacial score (nSPS) is 18.3. The number of piperazine rings is 1. The Morgan fingerprint density at radius 3 is 2.21 bits per heavy atom. The first-order valence-electron chi connectivity index (χ1n) is 9.68. The SMILES string of the molecule is CC[C@H](C)c1ccc(S(=O)(=O)N2CC[NH+]([C@@H](C)C(=O)NC(=O)NC)CC2)cc1. The lowest BCUT2D eigenvalue weighted by Gasteiger charge is -2.34. The Morgan fingerprint density at radius 2 is 1.71 bits per heavy atom. The second-order valence-electron chi connectivity index (χ2n) is 7.23. The first kappa shape index (κ1) is 22.3. The molecule has 3 N–H and O–H groups in total. The van der Waals surface area contributed by atoms with Crippen LogP contribution >= 0.6 is 0 Å². The molecular weight excluding hydrogens is 380 g/mol. The van der Waals surface area contributed by atoms with Crippen LogP contribution in [0.5, 0.6) is 0 Å². The molecule has 9 heteroatoms. The van der Waals surface area contributed by atoms with Crippen LogP contribution in [-0.4, -0.2) is 63.9 Å². The lowest BCUT2D eigenvalue weighted by molar-refractivity contribution is -0.917. The Morgan fingerprint density at radius 1 is 1.14 bits per heavy atom. The number of carbonyl (C=O) groups excluding carboxylic acids is 2. The van der Waals surface area contributed by atoms with Crippen molar-refractivity contribution in [2.45, 2.75) is 44.0 Å². The maximum Gasteiger partial charge on any atom is 0.321 e. The number of nitrogens with zero attached hydrogens (tertiary/aromatic N) is 1. The lowest BCUT2D eigenvalue weighted by atomic mass is 9.99. The van der Waals surface area contributed by atoms with Crippen molar-refractivity contribution in [3.05, 3.63) is 29.8 Å². The van der Waals surface area contributed by atoms with Crippen molar-refractivity contribution < 1.29 is 22.9 Å². The standard InChI is InChI=1S/C19H30N4O4S/c1-5-14(2)16-6-8-17(9-7-16)28(26,27)23-12-10-22(11-13-23)15(3)18(24)21-19(25)20-4/h6-9,14-15H,5,10-13H2,1-4H3,(H2,20,21,24,25)/p+1/t14-,15-/m0/s1. The lowest BCUT2D eigenvalue weighted by Crippen LogP contribution is -3.19. The van der Waals surface area contributed by atoms with E-state index in [0.717, 1.165) is 16.9 Å². The second-order valence-corrected chi connectivity index (χ2v) is 9.17. The molecule has 1 fully saturated rings. The second kappa shape index (κ2) is 9.49. The molecule has 0 bridgehead atoms. The Kier molecular flexibility index (Phi) is 7.56. The van der Waals surface area contributed by atoms with E-state index in [4.69, 9.17) is 0 Å². The number of sulfonamides is 1. The summed E-state index contributed by atoms with van der Waals surface area (Å²) in [6, 6.07) is 6.14. The zero-order chi connectivity index (χ0) is 20.9. The number of imide groups is 1. The van der Waals surface area contributed by atoms with E-state index in [1.807, 2.05) is 12.1 Å². The van der Waals surface area contributed by atoms with Gasteiger partial charge in [0.1, 0.15) is 0 Å². The molecule has 156 valence electrons. The average molecular weight is 412 g/mol. The summed E-state index contributed by atoms with van der Waals surface area (Å²) >= 11 is 0. The zero-order valence-electron chi connectivity index (χ0n) is 17.0. The summed E-state index contributed by atoms with van der Waals surface area (Å²) in [5, 5.41) is 4.62. The van der Waals surface area contributed by atoms with Crippen molar-refractivity contribution in [1.29, 1.82) is 0 Å². The van der Waals surface area contributed by atoms with Gasteiger partial charge in [-0.15, -0.1) is 0 Å². The van der Waals surface area contributed by atoms with Gasteiger partial charge < -0.3 is 10.2 Å². The average Bonchev–Trinajstić information content (AvgIpc) is 2.72. The van der Waals surface area contributed by atoms with Crippen LogP contribution in [-0.2, 0) is 14.8 Å². The van der Waals surface area contributed by atoms with Crippen molar-refractivity contribution in [3.63, 3.8) is 0 Å².